The quantitative estimate of drug-likeness (QED) is 0.886. The van der Waals surface area contributed by atoms with Gasteiger partial charge in [-0.05, 0) is 18.2 Å². The maximum absolute atomic E-state index is 11.7. The summed E-state index contributed by atoms with van der Waals surface area (Å²) in [4.78, 5) is 28.6. The summed E-state index contributed by atoms with van der Waals surface area (Å²) in [5, 5.41) is 2.67. The van der Waals surface area contributed by atoms with Gasteiger partial charge in [-0.1, -0.05) is 22.0 Å². The van der Waals surface area contributed by atoms with Crippen molar-refractivity contribution in [3.63, 3.8) is 0 Å². The van der Waals surface area contributed by atoms with Gasteiger partial charge < -0.3 is 10.3 Å². The van der Waals surface area contributed by atoms with Crippen molar-refractivity contribution < 1.29 is 4.79 Å². The first kappa shape index (κ1) is 11.5. The molecule has 1 aromatic heterocycles. The third-order valence-corrected chi connectivity index (χ3v) is 2.48. The molecule has 17 heavy (non-hydrogen) atoms. The van der Waals surface area contributed by atoms with Gasteiger partial charge in [-0.2, -0.15) is 0 Å². The summed E-state index contributed by atoms with van der Waals surface area (Å²) in [5.41, 5.74) is 0.464. The van der Waals surface area contributed by atoms with Crippen LogP contribution in [0, 0.1) is 0 Å². The molecule has 0 saturated carbocycles. The topological polar surface area (TPSA) is 74.8 Å². The van der Waals surface area contributed by atoms with Crippen LogP contribution in [0.5, 0.6) is 0 Å². The molecule has 0 aliphatic rings. The fourth-order valence-corrected chi connectivity index (χ4v) is 1.63. The highest BCUT2D eigenvalue weighted by atomic mass is 79.9. The van der Waals surface area contributed by atoms with Crippen LogP contribution in [0.1, 0.15) is 10.5 Å². The number of aromatic amines is 1. The zero-order valence-electron chi connectivity index (χ0n) is 8.61. The van der Waals surface area contributed by atoms with Crippen LogP contribution in [0.3, 0.4) is 0 Å². The molecule has 1 heterocycles. The summed E-state index contributed by atoms with van der Waals surface area (Å²) >= 11 is 3.30. The van der Waals surface area contributed by atoms with E-state index in [2.05, 4.69) is 31.2 Å². The van der Waals surface area contributed by atoms with Gasteiger partial charge in [0.25, 0.3) is 11.5 Å². The highest BCUT2D eigenvalue weighted by Crippen LogP contribution is 2.15. The standard InChI is InChI=1S/C11H8BrN3O2/c12-7-2-1-3-8(4-7)15-11(17)9-5-14-10(16)6-13-9/h1-6H,(H,14,16)(H,15,17). The lowest BCUT2D eigenvalue weighted by Crippen LogP contribution is -2.16. The van der Waals surface area contributed by atoms with Gasteiger partial charge in [-0.25, -0.2) is 4.98 Å². The Bertz CT molecular complexity index is 589. The lowest BCUT2D eigenvalue weighted by Gasteiger charge is -2.04. The van der Waals surface area contributed by atoms with Crippen molar-refractivity contribution >= 4 is 27.5 Å². The molecule has 2 rings (SSSR count). The van der Waals surface area contributed by atoms with Crippen LogP contribution in [0.25, 0.3) is 0 Å². The van der Waals surface area contributed by atoms with Crippen molar-refractivity contribution in [2.45, 2.75) is 0 Å². The van der Waals surface area contributed by atoms with E-state index in [1.807, 2.05) is 6.07 Å². The Labute approximate surface area is 105 Å². The molecule has 0 atom stereocenters. The van der Waals surface area contributed by atoms with Crippen molar-refractivity contribution in [3.05, 3.63) is 57.2 Å². The lowest BCUT2D eigenvalue weighted by atomic mass is 10.3. The van der Waals surface area contributed by atoms with Gasteiger partial charge in [0.15, 0.2) is 0 Å². The molecule has 0 bridgehead atoms. The normalized spacial score (nSPS) is 9.94. The van der Waals surface area contributed by atoms with Gasteiger partial charge >= 0.3 is 0 Å². The van der Waals surface area contributed by atoms with Gasteiger partial charge in [0.1, 0.15) is 5.69 Å². The zero-order valence-corrected chi connectivity index (χ0v) is 10.2. The van der Waals surface area contributed by atoms with Gasteiger partial charge in [0, 0.05) is 16.4 Å². The number of H-pyrrole nitrogens is 1. The van der Waals surface area contributed by atoms with E-state index >= 15 is 0 Å². The highest BCUT2D eigenvalue weighted by Gasteiger charge is 2.07. The fourth-order valence-electron chi connectivity index (χ4n) is 1.23. The summed E-state index contributed by atoms with van der Waals surface area (Å²) in [6.45, 7) is 0. The van der Waals surface area contributed by atoms with Crippen molar-refractivity contribution in [3.8, 4) is 0 Å². The van der Waals surface area contributed by atoms with E-state index in [9.17, 15) is 9.59 Å². The number of halogens is 1. The molecule has 6 heteroatoms. The summed E-state index contributed by atoms with van der Waals surface area (Å²) < 4.78 is 0.865. The molecule has 0 saturated heterocycles. The second-order valence-electron chi connectivity index (χ2n) is 3.26. The van der Waals surface area contributed by atoms with Gasteiger partial charge in [-0.15, -0.1) is 0 Å². The number of nitrogens with zero attached hydrogens (tertiary/aromatic N) is 1. The molecule has 0 aliphatic carbocycles. The maximum Gasteiger partial charge on any atom is 0.275 e. The van der Waals surface area contributed by atoms with E-state index in [0.29, 0.717) is 5.69 Å². The molecule has 0 unspecified atom stereocenters. The van der Waals surface area contributed by atoms with E-state index in [4.69, 9.17) is 0 Å². The number of hydrogen-bond acceptors (Lipinski definition) is 3. The Morgan fingerprint density at radius 3 is 2.88 bits per heavy atom. The predicted octanol–water partition coefficient (Wildman–Crippen LogP) is 1.78. The summed E-state index contributed by atoms with van der Waals surface area (Å²) in [7, 11) is 0. The molecule has 0 fully saturated rings. The van der Waals surface area contributed by atoms with Crippen molar-refractivity contribution in [1.29, 1.82) is 0 Å². The molecule has 5 nitrogen and oxygen atoms in total. The van der Waals surface area contributed by atoms with Crippen LogP contribution in [0.4, 0.5) is 5.69 Å². The lowest BCUT2D eigenvalue weighted by molar-refractivity contribution is 0.102. The average molecular weight is 294 g/mol. The molecule has 1 aromatic carbocycles. The zero-order chi connectivity index (χ0) is 12.3. The third kappa shape index (κ3) is 3.01. The Kier molecular flexibility index (Phi) is 3.34. The molecule has 2 N–H and O–H groups in total. The summed E-state index contributed by atoms with van der Waals surface area (Å²) in [6, 6.07) is 7.19. The number of nitrogens with one attached hydrogen (secondary N) is 2. The smallest absolute Gasteiger partial charge is 0.275 e. The number of amides is 1. The molecule has 0 aliphatic heterocycles. The van der Waals surface area contributed by atoms with E-state index in [1.54, 1.807) is 18.2 Å². The second-order valence-corrected chi connectivity index (χ2v) is 4.18. The number of carbonyl (C=O) groups is 1. The number of aromatic nitrogens is 2. The van der Waals surface area contributed by atoms with Crippen LogP contribution >= 0.6 is 15.9 Å². The molecule has 86 valence electrons. The van der Waals surface area contributed by atoms with Gasteiger partial charge in [0.05, 0.1) is 6.20 Å². The van der Waals surface area contributed by atoms with Crippen LogP contribution in [0.2, 0.25) is 0 Å². The Hall–Kier alpha value is -1.95. The highest BCUT2D eigenvalue weighted by molar-refractivity contribution is 9.10. The first-order valence-corrected chi connectivity index (χ1v) is 5.56. The largest absolute Gasteiger partial charge is 0.325 e. The molecular formula is C11H8BrN3O2. The van der Waals surface area contributed by atoms with Crippen LogP contribution in [-0.4, -0.2) is 15.9 Å². The van der Waals surface area contributed by atoms with E-state index in [1.165, 1.54) is 6.20 Å². The summed E-state index contributed by atoms with van der Waals surface area (Å²) in [5.74, 6) is -0.376. The fraction of sp³-hybridized carbons (Fsp3) is 0. The van der Waals surface area contributed by atoms with Gasteiger partial charge in [-0.3, -0.25) is 9.59 Å². The van der Waals surface area contributed by atoms with Crippen molar-refractivity contribution in [2.75, 3.05) is 5.32 Å². The first-order valence-electron chi connectivity index (χ1n) is 4.77. The number of rotatable bonds is 2. The summed E-state index contributed by atoms with van der Waals surface area (Å²) in [6.07, 6.45) is 2.34. The first-order chi connectivity index (χ1) is 8.15. The van der Waals surface area contributed by atoms with Crippen LogP contribution in [0.15, 0.2) is 45.9 Å². The van der Waals surface area contributed by atoms with E-state index < -0.39 is 0 Å². The van der Waals surface area contributed by atoms with E-state index in [0.717, 1.165) is 10.7 Å². The number of anilines is 1. The monoisotopic (exact) mass is 293 g/mol. The van der Waals surface area contributed by atoms with Crippen LogP contribution in [-0.2, 0) is 0 Å². The molecule has 2 aromatic rings. The minimum absolute atomic E-state index is 0.157. The van der Waals surface area contributed by atoms with Crippen molar-refractivity contribution in [2.24, 2.45) is 0 Å². The minimum Gasteiger partial charge on any atom is -0.325 e. The number of carbonyl (C=O) groups excluding carboxylic acids is 1. The Balaban J connectivity index is 2.17. The van der Waals surface area contributed by atoms with Crippen LogP contribution < -0.4 is 10.9 Å². The maximum atomic E-state index is 11.7. The predicted molar refractivity (Wildman–Crippen MR) is 67.0 cm³/mol. The van der Waals surface area contributed by atoms with E-state index in [-0.39, 0.29) is 17.2 Å². The Morgan fingerprint density at radius 1 is 1.41 bits per heavy atom. The second kappa shape index (κ2) is 4.92. The number of hydrogen-bond donors (Lipinski definition) is 2. The molecule has 1 amide bonds. The van der Waals surface area contributed by atoms with Crippen molar-refractivity contribution in [1.82, 2.24) is 9.97 Å². The molecule has 0 spiro atoms. The average Bonchev–Trinajstić information content (AvgIpc) is 2.29. The Morgan fingerprint density at radius 2 is 2.24 bits per heavy atom. The number of benzene rings is 1. The molecule has 0 radical (unpaired) electrons. The molecular weight excluding hydrogens is 286 g/mol. The SMILES string of the molecule is O=C(Nc1cccc(Br)c1)c1c[nH]c(=O)cn1. The van der Waals surface area contributed by atoms with Gasteiger partial charge in [0.2, 0.25) is 0 Å². The third-order valence-electron chi connectivity index (χ3n) is 1.99. The minimum atomic E-state index is -0.376.